The average molecular weight is 410 g/mol. The fourth-order valence-corrected chi connectivity index (χ4v) is 4.02. The van der Waals surface area contributed by atoms with Crippen LogP contribution in [0.15, 0.2) is 53.9 Å². The van der Waals surface area contributed by atoms with Crippen LogP contribution in [0.4, 0.5) is 0 Å². The molecule has 29 heavy (non-hydrogen) atoms. The molecule has 4 rings (SSSR count). The zero-order valence-electron chi connectivity index (χ0n) is 16.5. The number of fused-ring (bicyclic) bond motifs is 1. The van der Waals surface area contributed by atoms with Gasteiger partial charge in [-0.25, -0.2) is 4.98 Å². The van der Waals surface area contributed by atoms with Gasteiger partial charge < -0.3 is 14.8 Å². The van der Waals surface area contributed by atoms with Gasteiger partial charge in [0.15, 0.2) is 16.7 Å². The molecule has 0 saturated heterocycles. The van der Waals surface area contributed by atoms with Gasteiger partial charge in [0.25, 0.3) is 0 Å². The van der Waals surface area contributed by atoms with Gasteiger partial charge in [-0.15, -0.1) is 0 Å². The average Bonchev–Trinajstić information content (AvgIpc) is 3.21. The lowest BCUT2D eigenvalue weighted by Crippen LogP contribution is -2.26. The van der Waals surface area contributed by atoms with Gasteiger partial charge in [-0.1, -0.05) is 36.0 Å². The summed E-state index contributed by atoms with van der Waals surface area (Å²) >= 11 is 1.42. The van der Waals surface area contributed by atoms with Crippen LogP contribution in [0.2, 0.25) is 0 Å². The number of nitrogens with zero attached hydrogens (tertiary/aromatic N) is 2. The fourth-order valence-electron chi connectivity index (χ4n) is 3.22. The van der Waals surface area contributed by atoms with Gasteiger partial charge in [0.2, 0.25) is 5.91 Å². The minimum absolute atomic E-state index is 0.0557. The molecule has 0 aliphatic carbocycles. The molecule has 1 N–H and O–H groups in total. The number of rotatable bonds is 6. The first-order valence-corrected chi connectivity index (χ1v) is 10.5. The lowest BCUT2D eigenvalue weighted by molar-refractivity contribution is -0.118. The third kappa shape index (κ3) is 4.24. The van der Waals surface area contributed by atoms with E-state index in [1.165, 1.54) is 22.9 Å². The van der Waals surface area contributed by atoms with Crippen LogP contribution < -0.4 is 14.8 Å². The molecule has 0 radical (unpaired) electrons. The van der Waals surface area contributed by atoms with Crippen molar-refractivity contribution in [2.75, 3.05) is 19.0 Å². The summed E-state index contributed by atoms with van der Waals surface area (Å²) in [6, 6.07) is 11.9. The maximum atomic E-state index is 12.4. The van der Waals surface area contributed by atoms with Crippen LogP contribution in [0.5, 0.6) is 11.5 Å². The number of nitrogens with one attached hydrogen (secondary N) is 1. The highest BCUT2D eigenvalue weighted by Crippen LogP contribution is 2.33. The van der Waals surface area contributed by atoms with Crippen LogP contribution in [-0.2, 0) is 11.3 Å². The summed E-state index contributed by atoms with van der Waals surface area (Å²) < 4.78 is 13.3. The molecule has 0 atom stereocenters. The van der Waals surface area contributed by atoms with Gasteiger partial charge >= 0.3 is 0 Å². The molecule has 1 aliphatic rings. The number of imidazole rings is 1. The van der Waals surface area contributed by atoms with Crippen molar-refractivity contribution in [1.82, 2.24) is 14.9 Å². The van der Waals surface area contributed by atoms with Crippen molar-refractivity contribution in [3.8, 4) is 17.2 Å². The van der Waals surface area contributed by atoms with Gasteiger partial charge in [-0.05, 0) is 37.1 Å². The van der Waals surface area contributed by atoms with E-state index in [0.717, 1.165) is 27.9 Å². The molecule has 2 aromatic carbocycles. The van der Waals surface area contributed by atoms with Crippen molar-refractivity contribution in [2.45, 2.75) is 25.5 Å². The number of ether oxygens (including phenoxy) is 2. The number of hydrogen-bond donors (Lipinski definition) is 1. The second-order valence-electron chi connectivity index (χ2n) is 6.81. The first kappa shape index (κ1) is 19.4. The Labute approximate surface area is 174 Å². The highest BCUT2D eigenvalue weighted by molar-refractivity contribution is 7.99. The maximum absolute atomic E-state index is 12.4. The van der Waals surface area contributed by atoms with E-state index in [0.29, 0.717) is 19.8 Å². The number of hydrogen-bond acceptors (Lipinski definition) is 5. The van der Waals surface area contributed by atoms with Crippen LogP contribution in [-0.4, -0.2) is 34.4 Å². The number of amides is 1. The van der Waals surface area contributed by atoms with Crippen LogP contribution in [0, 0.1) is 13.8 Å². The van der Waals surface area contributed by atoms with Crippen molar-refractivity contribution in [1.29, 1.82) is 0 Å². The second-order valence-corrected chi connectivity index (χ2v) is 7.75. The highest BCUT2D eigenvalue weighted by atomic mass is 32.2. The summed E-state index contributed by atoms with van der Waals surface area (Å²) in [6.07, 6.45) is 3.69. The minimum Gasteiger partial charge on any atom is -0.486 e. The molecular weight excluding hydrogens is 386 g/mol. The number of aryl methyl sites for hydroxylation is 1. The Morgan fingerprint density at radius 1 is 1.17 bits per heavy atom. The molecule has 1 amide bonds. The Morgan fingerprint density at radius 3 is 2.90 bits per heavy atom. The summed E-state index contributed by atoms with van der Waals surface area (Å²) in [5, 5.41) is 3.75. The maximum Gasteiger partial charge on any atom is 0.230 e. The molecule has 150 valence electrons. The van der Waals surface area contributed by atoms with Gasteiger partial charge in [-0.3, -0.25) is 9.36 Å². The van der Waals surface area contributed by atoms with Crippen molar-refractivity contribution < 1.29 is 14.3 Å². The number of para-hydroxylation sites is 1. The first-order chi connectivity index (χ1) is 14.1. The normalized spacial score (nSPS) is 12.6. The SMILES string of the molecule is Cc1cccc(-n2ccnc2SCC(=O)NCc2cccc3c2OCCO3)c1C. The Balaban J connectivity index is 1.38. The Bertz CT molecular complexity index is 1030. The predicted octanol–water partition coefficient (Wildman–Crippen LogP) is 3.67. The van der Waals surface area contributed by atoms with Crippen LogP contribution >= 0.6 is 11.8 Å². The largest absolute Gasteiger partial charge is 0.486 e. The number of carbonyl (C=O) groups excluding carboxylic acids is 1. The van der Waals surface area contributed by atoms with Crippen molar-refractivity contribution in [3.63, 3.8) is 0 Å². The number of benzene rings is 2. The summed E-state index contributed by atoms with van der Waals surface area (Å²) in [5.74, 6) is 1.68. The topological polar surface area (TPSA) is 65.4 Å². The van der Waals surface area contributed by atoms with Crippen molar-refractivity contribution in [2.24, 2.45) is 0 Å². The van der Waals surface area contributed by atoms with E-state index in [2.05, 4.69) is 36.3 Å². The van der Waals surface area contributed by atoms with Gasteiger partial charge in [-0.2, -0.15) is 0 Å². The van der Waals surface area contributed by atoms with Crippen molar-refractivity contribution in [3.05, 3.63) is 65.5 Å². The standard InChI is InChI=1S/C22H23N3O3S/c1-15-5-3-7-18(16(15)2)25-10-9-23-22(25)29-14-20(26)24-13-17-6-4-8-19-21(17)28-12-11-27-19/h3-10H,11-14H2,1-2H3,(H,24,26). The summed E-state index contributed by atoms with van der Waals surface area (Å²) in [7, 11) is 0. The Morgan fingerprint density at radius 2 is 2.00 bits per heavy atom. The molecular formula is C22H23N3O3S. The smallest absolute Gasteiger partial charge is 0.230 e. The number of aromatic nitrogens is 2. The van der Waals surface area contributed by atoms with E-state index in [-0.39, 0.29) is 11.7 Å². The fraction of sp³-hybridized carbons (Fsp3) is 0.273. The molecule has 1 aliphatic heterocycles. The number of thioether (sulfide) groups is 1. The second kappa shape index (κ2) is 8.61. The summed E-state index contributed by atoms with van der Waals surface area (Å²) in [6.45, 7) is 5.66. The van der Waals surface area contributed by atoms with Gasteiger partial charge in [0, 0.05) is 24.5 Å². The minimum atomic E-state index is -0.0557. The Kier molecular flexibility index (Phi) is 5.76. The zero-order chi connectivity index (χ0) is 20.2. The molecule has 2 heterocycles. The van der Waals surface area contributed by atoms with Crippen LogP contribution in [0.25, 0.3) is 5.69 Å². The third-order valence-corrected chi connectivity index (χ3v) is 5.87. The van der Waals surface area contributed by atoms with E-state index >= 15 is 0 Å². The Hall–Kier alpha value is -2.93. The first-order valence-electron chi connectivity index (χ1n) is 9.50. The molecule has 3 aromatic rings. The molecule has 6 nitrogen and oxygen atoms in total. The molecule has 0 saturated carbocycles. The van der Waals surface area contributed by atoms with Crippen LogP contribution in [0.3, 0.4) is 0 Å². The third-order valence-electron chi connectivity index (χ3n) is 4.90. The predicted molar refractivity (Wildman–Crippen MR) is 113 cm³/mol. The molecule has 0 spiro atoms. The van der Waals surface area contributed by atoms with Gasteiger partial charge in [0.1, 0.15) is 13.2 Å². The zero-order valence-corrected chi connectivity index (χ0v) is 17.3. The monoisotopic (exact) mass is 409 g/mol. The lowest BCUT2D eigenvalue weighted by atomic mass is 10.1. The van der Waals surface area contributed by atoms with E-state index in [1.54, 1.807) is 6.20 Å². The lowest BCUT2D eigenvalue weighted by Gasteiger charge is -2.21. The van der Waals surface area contributed by atoms with E-state index in [9.17, 15) is 4.79 Å². The van der Waals surface area contributed by atoms with E-state index < -0.39 is 0 Å². The van der Waals surface area contributed by atoms with Crippen molar-refractivity contribution >= 4 is 17.7 Å². The molecule has 7 heteroatoms. The molecule has 0 unspecified atom stereocenters. The van der Waals surface area contributed by atoms with Gasteiger partial charge in [0.05, 0.1) is 11.4 Å². The quantitative estimate of drug-likeness (QED) is 0.630. The van der Waals surface area contributed by atoms with E-state index in [1.807, 2.05) is 35.0 Å². The molecule has 0 bridgehead atoms. The summed E-state index contributed by atoms with van der Waals surface area (Å²) in [5.41, 5.74) is 4.42. The summed E-state index contributed by atoms with van der Waals surface area (Å²) in [4.78, 5) is 16.8. The van der Waals surface area contributed by atoms with E-state index in [4.69, 9.17) is 9.47 Å². The highest BCUT2D eigenvalue weighted by Gasteiger charge is 2.16. The molecule has 0 fully saturated rings. The van der Waals surface area contributed by atoms with Crippen LogP contribution in [0.1, 0.15) is 16.7 Å². The molecule has 1 aromatic heterocycles. The number of carbonyl (C=O) groups is 1.